The van der Waals surface area contributed by atoms with E-state index >= 15 is 0 Å². The molecule has 1 aliphatic rings. The van der Waals surface area contributed by atoms with Crippen molar-refractivity contribution in [3.8, 4) is 5.75 Å². The molecule has 3 aromatic rings. The van der Waals surface area contributed by atoms with Gasteiger partial charge in [0.05, 0.1) is 0 Å². The Hall–Kier alpha value is -2.75. The molecule has 1 N–H and O–H groups in total. The summed E-state index contributed by atoms with van der Waals surface area (Å²) in [5.74, 6) is 0.815. The maximum atomic E-state index is 13.0. The van der Waals surface area contributed by atoms with Crippen LogP contribution in [0.4, 0.5) is 0 Å². The van der Waals surface area contributed by atoms with Gasteiger partial charge in [-0.1, -0.05) is 43.3 Å². The smallest absolute Gasteiger partial charge is 0.263 e. The highest BCUT2D eigenvalue weighted by Gasteiger charge is 2.29. The summed E-state index contributed by atoms with van der Waals surface area (Å²) in [6, 6.07) is 17.9. The summed E-state index contributed by atoms with van der Waals surface area (Å²) < 4.78 is 5.94. The van der Waals surface area contributed by atoms with Gasteiger partial charge in [-0.2, -0.15) is 0 Å². The van der Waals surface area contributed by atoms with Crippen molar-refractivity contribution in [2.45, 2.75) is 32.4 Å². The van der Waals surface area contributed by atoms with Crippen LogP contribution in [-0.4, -0.2) is 28.4 Å². The number of hydrogen-bond acceptors (Lipinski definition) is 2. The predicted molar refractivity (Wildman–Crippen MR) is 98.6 cm³/mol. The maximum absolute atomic E-state index is 13.0. The van der Waals surface area contributed by atoms with Crippen molar-refractivity contribution in [1.82, 2.24) is 9.88 Å². The molecular formula is C21H22N2O2. The first-order valence-corrected chi connectivity index (χ1v) is 8.85. The molecule has 4 rings (SSSR count). The Kier molecular flexibility index (Phi) is 4.18. The largest absolute Gasteiger partial charge is 0.481 e. The van der Waals surface area contributed by atoms with Crippen LogP contribution in [0.2, 0.25) is 0 Å². The molecule has 0 saturated heterocycles. The van der Waals surface area contributed by atoms with Crippen molar-refractivity contribution in [2.75, 3.05) is 6.54 Å². The van der Waals surface area contributed by atoms with Gasteiger partial charge in [0.1, 0.15) is 5.75 Å². The minimum Gasteiger partial charge on any atom is -0.481 e. The molecule has 4 heteroatoms. The Bertz CT molecular complexity index is 885. The van der Waals surface area contributed by atoms with Crippen molar-refractivity contribution in [1.29, 1.82) is 0 Å². The highest BCUT2D eigenvalue weighted by molar-refractivity contribution is 5.87. The number of nitrogens with zero attached hydrogens (tertiary/aromatic N) is 1. The highest BCUT2D eigenvalue weighted by Crippen LogP contribution is 2.28. The van der Waals surface area contributed by atoms with E-state index in [1.165, 1.54) is 16.6 Å². The average Bonchev–Trinajstić information content (AvgIpc) is 3.04. The third-order valence-corrected chi connectivity index (χ3v) is 4.86. The summed E-state index contributed by atoms with van der Waals surface area (Å²) in [7, 11) is 0. The number of H-pyrrole nitrogens is 1. The third kappa shape index (κ3) is 3.00. The Morgan fingerprint density at radius 2 is 1.92 bits per heavy atom. The number of ether oxygens (including phenoxy) is 1. The topological polar surface area (TPSA) is 45.3 Å². The summed E-state index contributed by atoms with van der Waals surface area (Å²) in [6.07, 6.45) is 1.08. The number of carbonyl (C=O) groups excluding carboxylic acids is 1. The lowest BCUT2D eigenvalue weighted by atomic mass is 10.0. The van der Waals surface area contributed by atoms with Crippen LogP contribution in [0.15, 0.2) is 54.6 Å². The van der Waals surface area contributed by atoms with Gasteiger partial charge in [-0.25, -0.2) is 0 Å². The summed E-state index contributed by atoms with van der Waals surface area (Å²) in [4.78, 5) is 18.4. The SMILES string of the molecule is CCC(Oc1ccccc1)C(=O)N1CCc2[nH]c3ccccc3c2C1. The maximum Gasteiger partial charge on any atom is 0.263 e. The van der Waals surface area contributed by atoms with Gasteiger partial charge in [0, 0.05) is 41.7 Å². The van der Waals surface area contributed by atoms with E-state index in [-0.39, 0.29) is 5.91 Å². The molecular weight excluding hydrogens is 312 g/mol. The second kappa shape index (κ2) is 6.63. The Morgan fingerprint density at radius 3 is 2.72 bits per heavy atom. The highest BCUT2D eigenvalue weighted by atomic mass is 16.5. The monoisotopic (exact) mass is 334 g/mol. The Balaban J connectivity index is 1.54. The molecule has 0 aliphatic carbocycles. The fourth-order valence-corrected chi connectivity index (χ4v) is 3.53. The first kappa shape index (κ1) is 15.8. The van der Waals surface area contributed by atoms with Gasteiger partial charge in [-0.3, -0.25) is 4.79 Å². The minimum atomic E-state index is -0.436. The zero-order valence-corrected chi connectivity index (χ0v) is 14.4. The number of para-hydroxylation sites is 2. The summed E-state index contributed by atoms with van der Waals surface area (Å²) >= 11 is 0. The molecule has 0 bridgehead atoms. The van der Waals surface area contributed by atoms with Crippen LogP contribution in [-0.2, 0) is 17.8 Å². The summed E-state index contributed by atoms with van der Waals surface area (Å²) in [5.41, 5.74) is 3.64. The van der Waals surface area contributed by atoms with E-state index in [1.54, 1.807) is 0 Å². The Labute approximate surface area is 147 Å². The molecule has 2 aromatic carbocycles. The van der Waals surface area contributed by atoms with E-state index in [0.29, 0.717) is 13.0 Å². The van der Waals surface area contributed by atoms with E-state index in [4.69, 9.17) is 4.74 Å². The van der Waals surface area contributed by atoms with E-state index < -0.39 is 6.10 Å². The molecule has 0 fully saturated rings. The molecule has 25 heavy (non-hydrogen) atoms. The van der Waals surface area contributed by atoms with Crippen LogP contribution in [0.5, 0.6) is 5.75 Å². The van der Waals surface area contributed by atoms with Gasteiger partial charge in [-0.05, 0) is 24.6 Å². The Morgan fingerprint density at radius 1 is 1.16 bits per heavy atom. The van der Waals surface area contributed by atoms with Crippen LogP contribution in [0, 0.1) is 0 Å². The zero-order valence-electron chi connectivity index (χ0n) is 14.4. The van der Waals surface area contributed by atoms with Gasteiger partial charge in [-0.15, -0.1) is 0 Å². The molecule has 1 amide bonds. The molecule has 1 aromatic heterocycles. The second-order valence-electron chi connectivity index (χ2n) is 6.47. The number of carbonyl (C=O) groups is 1. The lowest BCUT2D eigenvalue weighted by Gasteiger charge is -2.30. The predicted octanol–water partition coefficient (Wildman–Crippen LogP) is 3.91. The van der Waals surface area contributed by atoms with Crippen molar-refractivity contribution in [2.24, 2.45) is 0 Å². The molecule has 0 radical (unpaired) electrons. The molecule has 1 aliphatic heterocycles. The fourth-order valence-electron chi connectivity index (χ4n) is 3.53. The lowest BCUT2D eigenvalue weighted by molar-refractivity contribution is -0.139. The molecule has 4 nitrogen and oxygen atoms in total. The van der Waals surface area contributed by atoms with Crippen molar-refractivity contribution < 1.29 is 9.53 Å². The molecule has 128 valence electrons. The number of benzene rings is 2. The minimum absolute atomic E-state index is 0.0716. The standard InChI is InChI=1S/C21H22N2O2/c1-2-20(25-15-8-4-3-5-9-15)21(24)23-13-12-19-17(14-23)16-10-6-7-11-18(16)22-19/h3-11,20,22H,2,12-14H2,1H3. The van der Waals surface area contributed by atoms with Crippen molar-refractivity contribution in [3.05, 3.63) is 65.9 Å². The number of hydrogen-bond donors (Lipinski definition) is 1. The van der Waals surface area contributed by atoms with E-state index in [0.717, 1.165) is 24.2 Å². The summed E-state index contributed by atoms with van der Waals surface area (Å²) in [6.45, 7) is 3.37. The molecule has 0 spiro atoms. The first-order valence-electron chi connectivity index (χ1n) is 8.85. The van der Waals surface area contributed by atoms with Gasteiger partial charge in [0.15, 0.2) is 6.10 Å². The molecule has 0 saturated carbocycles. The van der Waals surface area contributed by atoms with Crippen LogP contribution < -0.4 is 4.74 Å². The van der Waals surface area contributed by atoms with Crippen molar-refractivity contribution >= 4 is 16.8 Å². The first-order chi connectivity index (χ1) is 12.3. The van der Waals surface area contributed by atoms with E-state index in [1.807, 2.05) is 54.3 Å². The van der Waals surface area contributed by atoms with E-state index in [2.05, 4.69) is 17.1 Å². The van der Waals surface area contributed by atoms with Crippen LogP contribution in [0.25, 0.3) is 10.9 Å². The number of aromatic nitrogens is 1. The quantitative estimate of drug-likeness (QED) is 0.786. The van der Waals surface area contributed by atoms with Gasteiger partial charge >= 0.3 is 0 Å². The molecule has 2 heterocycles. The number of nitrogens with one attached hydrogen (secondary N) is 1. The van der Waals surface area contributed by atoms with Gasteiger partial charge < -0.3 is 14.6 Å². The number of rotatable bonds is 4. The van der Waals surface area contributed by atoms with Crippen molar-refractivity contribution in [3.63, 3.8) is 0 Å². The normalized spacial score (nSPS) is 15.0. The van der Waals surface area contributed by atoms with E-state index in [9.17, 15) is 4.79 Å². The van der Waals surface area contributed by atoms with Crippen LogP contribution in [0.1, 0.15) is 24.6 Å². The van der Waals surface area contributed by atoms with Crippen LogP contribution in [0.3, 0.4) is 0 Å². The van der Waals surface area contributed by atoms with Gasteiger partial charge in [0.2, 0.25) is 0 Å². The van der Waals surface area contributed by atoms with Crippen LogP contribution >= 0.6 is 0 Å². The second-order valence-corrected chi connectivity index (χ2v) is 6.47. The third-order valence-electron chi connectivity index (χ3n) is 4.86. The van der Waals surface area contributed by atoms with Gasteiger partial charge in [0.25, 0.3) is 5.91 Å². The number of amides is 1. The molecule has 1 unspecified atom stereocenters. The molecule has 1 atom stereocenters. The zero-order chi connectivity index (χ0) is 17.2. The number of fused-ring (bicyclic) bond motifs is 3. The fraction of sp³-hybridized carbons (Fsp3) is 0.286. The average molecular weight is 334 g/mol. The lowest BCUT2D eigenvalue weighted by Crippen LogP contribution is -2.44. The summed E-state index contributed by atoms with van der Waals surface area (Å²) in [5, 5.41) is 1.21. The number of aromatic amines is 1.